The Kier molecular flexibility index (Phi) is 3.56. The van der Waals surface area contributed by atoms with E-state index >= 15 is 0 Å². The Morgan fingerprint density at radius 1 is 1.07 bits per heavy atom. The number of nitrogens with one attached hydrogen (secondary N) is 1. The van der Waals surface area contributed by atoms with Gasteiger partial charge in [0.15, 0.2) is 0 Å². The zero-order chi connectivity index (χ0) is 10.7. The number of aryl methyl sites for hydroxylation is 1. The Bertz CT molecular complexity index is 302. The van der Waals surface area contributed by atoms with Crippen LogP contribution in [0.1, 0.15) is 31.9 Å². The third-order valence-corrected chi connectivity index (χ3v) is 2.99. The zero-order valence-electron chi connectivity index (χ0n) is 9.89. The van der Waals surface area contributed by atoms with Gasteiger partial charge in [-0.25, -0.2) is 0 Å². The van der Waals surface area contributed by atoms with Crippen molar-refractivity contribution < 1.29 is 0 Å². The molecule has 0 fully saturated rings. The van der Waals surface area contributed by atoms with Crippen LogP contribution in [-0.4, -0.2) is 6.04 Å². The largest absolute Gasteiger partial charge is 0.382 e. The highest BCUT2D eigenvalue weighted by Gasteiger charge is 2.08. The molecule has 1 nitrogen and oxygen atoms in total. The van der Waals surface area contributed by atoms with Gasteiger partial charge in [0.1, 0.15) is 0 Å². The highest BCUT2D eigenvalue weighted by molar-refractivity contribution is 5.54. The van der Waals surface area contributed by atoms with Gasteiger partial charge in [0.05, 0.1) is 0 Å². The second kappa shape index (κ2) is 4.50. The molecule has 0 saturated heterocycles. The molecule has 0 aliphatic heterocycles. The summed E-state index contributed by atoms with van der Waals surface area (Å²) in [7, 11) is 0. The molecular formula is C13H21N. The molecule has 0 saturated carbocycles. The summed E-state index contributed by atoms with van der Waals surface area (Å²) in [4.78, 5) is 0. The van der Waals surface area contributed by atoms with Crippen LogP contribution in [0.3, 0.4) is 0 Å². The van der Waals surface area contributed by atoms with Gasteiger partial charge < -0.3 is 5.32 Å². The van der Waals surface area contributed by atoms with E-state index in [9.17, 15) is 0 Å². The van der Waals surface area contributed by atoms with Crippen molar-refractivity contribution in [2.75, 3.05) is 5.32 Å². The Hall–Kier alpha value is -0.980. The van der Waals surface area contributed by atoms with E-state index in [-0.39, 0.29) is 0 Å². The van der Waals surface area contributed by atoms with Gasteiger partial charge >= 0.3 is 0 Å². The average molecular weight is 191 g/mol. The fourth-order valence-electron chi connectivity index (χ4n) is 1.32. The molecule has 0 aliphatic rings. The predicted molar refractivity (Wildman–Crippen MR) is 63.8 cm³/mol. The lowest BCUT2D eigenvalue weighted by atomic mass is 10.0. The van der Waals surface area contributed by atoms with Gasteiger partial charge in [0.2, 0.25) is 0 Å². The minimum absolute atomic E-state index is 0.524. The molecule has 0 amide bonds. The van der Waals surface area contributed by atoms with Crippen molar-refractivity contribution in [1.29, 1.82) is 0 Å². The zero-order valence-corrected chi connectivity index (χ0v) is 9.89. The summed E-state index contributed by atoms with van der Waals surface area (Å²) < 4.78 is 0. The van der Waals surface area contributed by atoms with E-state index in [0.717, 1.165) is 0 Å². The van der Waals surface area contributed by atoms with Crippen LogP contribution in [-0.2, 0) is 0 Å². The molecule has 1 rings (SSSR count). The van der Waals surface area contributed by atoms with Crippen LogP contribution in [0.4, 0.5) is 5.69 Å². The quantitative estimate of drug-likeness (QED) is 0.767. The molecule has 0 heterocycles. The maximum atomic E-state index is 3.55. The summed E-state index contributed by atoms with van der Waals surface area (Å²) in [6.45, 7) is 11.0. The first-order valence-corrected chi connectivity index (χ1v) is 5.35. The minimum atomic E-state index is 0.524. The van der Waals surface area contributed by atoms with Crippen LogP contribution >= 0.6 is 0 Å². The lowest BCUT2D eigenvalue weighted by molar-refractivity contribution is 0.559. The summed E-state index contributed by atoms with van der Waals surface area (Å²) in [5.41, 5.74) is 3.98. The standard InChI is InChI=1S/C13H21N/c1-9(2)12(5)14-13-8-6-7-10(3)11(13)4/h6-9,12,14H,1-5H3. The van der Waals surface area contributed by atoms with Crippen LogP contribution in [0.25, 0.3) is 0 Å². The lowest BCUT2D eigenvalue weighted by Gasteiger charge is -2.20. The SMILES string of the molecule is Cc1cccc(NC(C)C(C)C)c1C. The van der Waals surface area contributed by atoms with Gasteiger partial charge in [-0.1, -0.05) is 26.0 Å². The fraction of sp³-hybridized carbons (Fsp3) is 0.538. The third kappa shape index (κ3) is 2.50. The number of hydrogen-bond donors (Lipinski definition) is 1. The molecular weight excluding hydrogens is 170 g/mol. The summed E-state index contributed by atoms with van der Waals surface area (Å²) in [6, 6.07) is 6.94. The second-order valence-corrected chi connectivity index (χ2v) is 4.42. The monoisotopic (exact) mass is 191 g/mol. The van der Waals surface area contributed by atoms with E-state index in [4.69, 9.17) is 0 Å². The van der Waals surface area contributed by atoms with Crippen molar-refractivity contribution in [3.63, 3.8) is 0 Å². The Labute approximate surface area is 87.5 Å². The van der Waals surface area contributed by atoms with E-state index < -0.39 is 0 Å². The predicted octanol–water partition coefficient (Wildman–Crippen LogP) is 3.76. The molecule has 1 aromatic rings. The molecule has 0 aliphatic carbocycles. The maximum absolute atomic E-state index is 3.55. The first kappa shape index (κ1) is 11.1. The third-order valence-electron chi connectivity index (χ3n) is 2.99. The van der Waals surface area contributed by atoms with Crippen molar-refractivity contribution >= 4 is 5.69 Å². The maximum Gasteiger partial charge on any atom is 0.0374 e. The van der Waals surface area contributed by atoms with E-state index in [0.29, 0.717) is 12.0 Å². The summed E-state index contributed by atoms with van der Waals surface area (Å²) in [5, 5.41) is 3.55. The average Bonchev–Trinajstić information content (AvgIpc) is 2.12. The minimum Gasteiger partial charge on any atom is -0.382 e. The molecule has 1 atom stereocenters. The molecule has 0 radical (unpaired) electrons. The molecule has 78 valence electrons. The van der Waals surface area contributed by atoms with Gasteiger partial charge in [0, 0.05) is 11.7 Å². The molecule has 0 aromatic heterocycles. The molecule has 0 bridgehead atoms. The van der Waals surface area contributed by atoms with Gasteiger partial charge in [-0.05, 0) is 43.9 Å². The van der Waals surface area contributed by atoms with Crippen LogP contribution in [0.2, 0.25) is 0 Å². The summed E-state index contributed by atoms with van der Waals surface area (Å²) >= 11 is 0. The smallest absolute Gasteiger partial charge is 0.0374 e. The van der Waals surface area contributed by atoms with E-state index in [1.165, 1.54) is 16.8 Å². The first-order valence-electron chi connectivity index (χ1n) is 5.35. The number of hydrogen-bond acceptors (Lipinski definition) is 1. The summed E-state index contributed by atoms with van der Waals surface area (Å²) in [6.07, 6.45) is 0. The van der Waals surface area contributed by atoms with Crippen molar-refractivity contribution in [3.05, 3.63) is 29.3 Å². The Balaban J connectivity index is 2.82. The van der Waals surface area contributed by atoms with Gasteiger partial charge in [-0.3, -0.25) is 0 Å². The van der Waals surface area contributed by atoms with Crippen molar-refractivity contribution in [1.82, 2.24) is 0 Å². The van der Waals surface area contributed by atoms with Crippen molar-refractivity contribution in [2.45, 2.75) is 40.7 Å². The highest BCUT2D eigenvalue weighted by Crippen LogP contribution is 2.20. The Morgan fingerprint density at radius 3 is 2.29 bits per heavy atom. The topological polar surface area (TPSA) is 12.0 Å². The van der Waals surface area contributed by atoms with Gasteiger partial charge in [-0.15, -0.1) is 0 Å². The number of rotatable bonds is 3. The van der Waals surface area contributed by atoms with Crippen LogP contribution in [0, 0.1) is 19.8 Å². The van der Waals surface area contributed by atoms with Crippen LogP contribution in [0.5, 0.6) is 0 Å². The van der Waals surface area contributed by atoms with E-state index in [1.54, 1.807) is 0 Å². The van der Waals surface area contributed by atoms with Gasteiger partial charge in [-0.2, -0.15) is 0 Å². The molecule has 1 unspecified atom stereocenters. The molecule has 1 aromatic carbocycles. The molecule has 1 N–H and O–H groups in total. The van der Waals surface area contributed by atoms with Crippen molar-refractivity contribution in [2.24, 2.45) is 5.92 Å². The summed E-state index contributed by atoms with van der Waals surface area (Å²) in [5.74, 6) is 0.662. The lowest BCUT2D eigenvalue weighted by Crippen LogP contribution is -2.22. The van der Waals surface area contributed by atoms with Gasteiger partial charge in [0.25, 0.3) is 0 Å². The highest BCUT2D eigenvalue weighted by atomic mass is 14.9. The normalized spacial score (nSPS) is 13.0. The number of benzene rings is 1. The first-order chi connectivity index (χ1) is 6.52. The molecule has 1 heteroatoms. The number of anilines is 1. The van der Waals surface area contributed by atoms with Crippen molar-refractivity contribution in [3.8, 4) is 0 Å². The van der Waals surface area contributed by atoms with Crippen LogP contribution in [0.15, 0.2) is 18.2 Å². The van der Waals surface area contributed by atoms with Crippen LogP contribution < -0.4 is 5.32 Å². The second-order valence-electron chi connectivity index (χ2n) is 4.42. The van der Waals surface area contributed by atoms with E-state index in [2.05, 4.69) is 58.1 Å². The Morgan fingerprint density at radius 2 is 1.71 bits per heavy atom. The molecule has 0 spiro atoms. The molecule has 14 heavy (non-hydrogen) atoms. The van der Waals surface area contributed by atoms with E-state index in [1.807, 2.05) is 0 Å². The fourth-order valence-corrected chi connectivity index (χ4v) is 1.32.